The summed E-state index contributed by atoms with van der Waals surface area (Å²) in [5.74, 6) is 0.958. The van der Waals surface area contributed by atoms with Gasteiger partial charge >= 0.3 is 0 Å². The molecule has 0 saturated heterocycles. The van der Waals surface area contributed by atoms with Crippen LogP contribution in [0.5, 0.6) is 5.75 Å². The molecule has 4 aromatic carbocycles. The number of hydrogen-bond acceptors (Lipinski definition) is 1. The van der Waals surface area contributed by atoms with E-state index < -0.39 is 0 Å². The van der Waals surface area contributed by atoms with E-state index in [0.717, 1.165) is 18.8 Å². The zero-order chi connectivity index (χ0) is 22.0. The molecule has 32 heavy (non-hydrogen) atoms. The molecule has 0 saturated carbocycles. The summed E-state index contributed by atoms with van der Waals surface area (Å²) < 4.78 is 5.90. The molecule has 1 nitrogen and oxygen atoms in total. The van der Waals surface area contributed by atoms with Gasteiger partial charge in [0.25, 0.3) is 0 Å². The van der Waals surface area contributed by atoms with Crippen molar-refractivity contribution in [3.8, 4) is 39.1 Å². The van der Waals surface area contributed by atoms with E-state index in [1.165, 1.54) is 59.1 Å². The topological polar surface area (TPSA) is 9.23 Å². The summed E-state index contributed by atoms with van der Waals surface area (Å²) in [4.78, 5) is 0. The summed E-state index contributed by atoms with van der Waals surface area (Å²) in [6.45, 7) is 3.05. The molecule has 0 aliphatic carbocycles. The Kier molecular flexibility index (Phi) is 7.76. The highest BCUT2D eigenvalue weighted by molar-refractivity contribution is 5.73. The van der Waals surface area contributed by atoms with Gasteiger partial charge in [-0.15, -0.1) is 0 Å². The molecule has 0 N–H and O–H groups in total. The van der Waals surface area contributed by atoms with Gasteiger partial charge < -0.3 is 4.74 Å². The van der Waals surface area contributed by atoms with E-state index in [4.69, 9.17) is 4.74 Å². The highest BCUT2D eigenvalue weighted by atomic mass is 16.5. The number of hydrogen-bond donors (Lipinski definition) is 0. The average Bonchev–Trinajstić information content (AvgIpc) is 2.87. The second kappa shape index (κ2) is 11.3. The minimum absolute atomic E-state index is 0.806. The van der Waals surface area contributed by atoms with Gasteiger partial charge in [-0.2, -0.15) is 0 Å². The van der Waals surface area contributed by atoms with Gasteiger partial charge in [0.05, 0.1) is 6.61 Å². The lowest BCUT2D eigenvalue weighted by atomic mass is 9.98. The molecule has 4 aromatic rings. The SMILES string of the molecule is CCCCCCCOc1ccc(-c2ccc(-c3ccc(-c4ccccc4)cc3)cc2)cc1. The number of rotatable bonds is 10. The molecule has 0 heterocycles. The summed E-state index contributed by atoms with van der Waals surface area (Å²) in [5, 5.41) is 0. The fourth-order valence-corrected chi connectivity index (χ4v) is 3.98. The Hall–Kier alpha value is -3.32. The predicted molar refractivity (Wildman–Crippen MR) is 137 cm³/mol. The number of benzene rings is 4. The molecule has 1 heteroatoms. The summed E-state index contributed by atoms with van der Waals surface area (Å²) in [7, 11) is 0. The lowest BCUT2D eigenvalue weighted by molar-refractivity contribution is 0.304. The maximum Gasteiger partial charge on any atom is 0.119 e. The smallest absolute Gasteiger partial charge is 0.119 e. The van der Waals surface area contributed by atoms with E-state index in [-0.39, 0.29) is 0 Å². The second-order valence-corrected chi connectivity index (χ2v) is 8.31. The largest absolute Gasteiger partial charge is 0.494 e. The second-order valence-electron chi connectivity index (χ2n) is 8.31. The molecule has 0 aromatic heterocycles. The van der Waals surface area contributed by atoms with Crippen LogP contribution in [-0.2, 0) is 0 Å². The van der Waals surface area contributed by atoms with Crippen molar-refractivity contribution in [1.82, 2.24) is 0 Å². The van der Waals surface area contributed by atoms with Gasteiger partial charge in [0.15, 0.2) is 0 Å². The first-order valence-electron chi connectivity index (χ1n) is 11.8. The highest BCUT2D eigenvalue weighted by Crippen LogP contribution is 2.28. The third-order valence-electron chi connectivity index (χ3n) is 5.91. The van der Waals surface area contributed by atoms with E-state index in [9.17, 15) is 0 Å². The van der Waals surface area contributed by atoms with Crippen LogP contribution >= 0.6 is 0 Å². The van der Waals surface area contributed by atoms with E-state index in [0.29, 0.717) is 0 Å². The lowest BCUT2D eigenvalue weighted by Gasteiger charge is -2.09. The molecular formula is C31H32O. The van der Waals surface area contributed by atoms with Crippen molar-refractivity contribution in [2.45, 2.75) is 39.0 Å². The van der Waals surface area contributed by atoms with Gasteiger partial charge in [-0.3, -0.25) is 0 Å². The molecular weight excluding hydrogens is 388 g/mol. The minimum atomic E-state index is 0.806. The van der Waals surface area contributed by atoms with Crippen molar-refractivity contribution in [1.29, 1.82) is 0 Å². The Bertz CT molecular complexity index is 1060. The zero-order valence-electron chi connectivity index (χ0n) is 19.0. The maximum absolute atomic E-state index is 5.90. The minimum Gasteiger partial charge on any atom is -0.494 e. The van der Waals surface area contributed by atoms with Crippen molar-refractivity contribution >= 4 is 0 Å². The van der Waals surface area contributed by atoms with Crippen LogP contribution in [0.3, 0.4) is 0 Å². The van der Waals surface area contributed by atoms with E-state index in [1.807, 2.05) is 0 Å². The van der Waals surface area contributed by atoms with Crippen LogP contribution in [0, 0.1) is 0 Å². The maximum atomic E-state index is 5.90. The third-order valence-corrected chi connectivity index (χ3v) is 5.91. The van der Waals surface area contributed by atoms with Crippen LogP contribution in [0.4, 0.5) is 0 Å². The molecule has 162 valence electrons. The fourth-order valence-electron chi connectivity index (χ4n) is 3.98. The standard InChI is InChI=1S/C31H32O/c1-2-3-4-5-9-24-32-31-22-20-30(21-23-31)29-18-16-28(17-19-29)27-14-12-26(13-15-27)25-10-7-6-8-11-25/h6-8,10-23H,2-5,9,24H2,1H3. The Labute approximate surface area is 192 Å². The first-order valence-corrected chi connectivity index (χ1v) is 11.8. The van der Waals surface area contributed by atoms with Crippen LogP contribution in [-0.4, -0.2) is 6.61 Å². The van der Waals surface area contributed by atoms with Gasteiger partial charge in [-0.1, -0.05) is 124 Å². The Balaban J connectivity index is 1.35. The Morgan fingerprint density at radius 2 is 0.844 bits per heavy atom. The van der Waals surface area contributed by atoms with Gasteiger partial charge in [-0.25, -0.2) is 0 Å². The van der Waals surface area contributed by atoms with Crippen LogP contribution in [0.1, 0.15) is 39.0 Å². The zero-order valence-corrected chi connectivity index (χ0v) is 19.0. The summed E-state index contributed by atoms with van der Waals surface area (Å²) in [6, 6.07) is 36.6. The fraction of sp³-hybridized carbons (Fsp3) is 0.226. The van der Waals surface area contributed by atoms with Crippen LogP contribution in [0.2, 0.25) is 0 Å². The molecule has 0 atom stereocenters. The van der Waals surface area contributed by atoms with Crippen LogP contribution in [0.25, 0.3) is 33.4 Å². The van der Waals surface area contributed by atoms with Crippen molar-refractivity contribution in [2.24, 2.45) is 0 Å². The van der Waals surface area contributed by atoms with E-state index in [2.05, 4.69) is 110 Å². The predicted octanol–water partition coefficient (Wildman–Crippen LogP) is 9.04. The summed E-state index contributed by atoms with van der Waals surface area (Å²) in [5.41, 5.74) is 7.40. The Morgan fingerprint density at radius 3 is 1.31 bits per heavy atom. The van der Waals surface area contributed by atoms with E-state index in [1.54, 1.807) is 0 Å². The van der Waals surface area contributed by atoms with Crippen LogP contribution in [0.15, 0.2) is 103 Å². The Morgan fingerprint density at radius 1 is 0.438 bits per heavy atom. The average molecular weight is 421 g/mol. The quantitative estimate of drug-likeness (QED) is 0.232. The van der Waals surface area contributed by atoms with Crippen molar-refractivity contribution in [3.63, 3.8) is 0 Å². The van der Waals surface area contributed by atoms with Crippen molar-refractivity contribution in [3.05, 3.63) is 103 Å². The molecule has 4 rings (SSSR count). The molecule has 0 fully saturated rings. The highest BCUT2D eigenvalue weighted by Gasteiger charge is 2.03. The first-order chi connectivity index (χ1) is 15.8. The van der Waals surface area contributed by atoms with Gasteiger partial charge in [0.1, 0.15) is 5.75 Å². The van der Waals surface area contributed by atoms with Gasteiger partial charge in [0, 0.05) is 0 Å². The molecule has 0 spiro atoms. The summed E-state index contributed by atoms with van der Waals surface area (Å²) in [6.07, 6.45) is 6.31. The molecule has 0 aliphatic heterocycles. The molecule has 0 unspecified atom stereocenters. The first kappa shape index (κ1) is 21.9. The molecule has 0 aliphatic rings. The monoisotopic (exact) mass is 420 g/mol. The van der Waals surface area contributed by atoms with Crippen LogP contribution < -0.4 is 4.74 Å². The number of unbranched alkanes of at least 4 members (excludes halogenated alkanes) is 4. The molecule has 0 bridgehead atoms. The molecule has 0 radical (unpaired) electrons. The normalized spacial score (nSPS) is 10.8. The summed E-state index contributed by atoms with van der Waals surface area (Å²) >= 11 is 0. The van der Waals surface area contributed by atoms with E-state index >= 15 is 0 Å². The third kappa shape index (κ3) is 5.88. The molecule has 0 amide bonds. The van der Waals surface area contributed by atoms with Gasteiger partial charge in [-0.05, 0) is 51.9 Å². The van der Waals surface area contributed by atoms with Crippen molar-refractivity contribution in [2.75, 3.05) is 6.61 Å². The lowest BCUT2D eigenvalue weighted by Crippen LogP contribution is -1.97. The van der Waals surface area contributed by atoms with Crippen molar-refractivity contribution < 1.29 is 4.74 Å². The van der Waals surface area contributed by atoms with Gasteiger partial charge in [0.2, 0.25) is 0 Å². The number of ether oxygens (including phenoxy) is 1.